The van der Waals surface area contributed by atoms with Gasteiger partial charge in [-0.15, -0.1) is 0 Å². The summed E-state index contributed by atoms with van der Waals surface area (Å²) in [4.78, 5) is 7.17. The fraction of sp³-hybridized carbons (Fsp3) is 0.114. The first kappa shape index (κ1) is 22.6. The van der Waals surface area contributed by atoms with Crippen LogP contribution in [0.15, 0.2) is 113 Å². The van der Waals surface area contributed by atoms with Crippen molar-refractivity contribution in [1.82, 2.24) is 9.55 Å². The summed E-state index contributed by atoms with van der Waals surface area (Å²) in [5.74, 6) is 1.92. The van der Waals surface area contributed by atoms with Gasteiger partial charge >= 0.3 is 0 Å². The van der Waals surface area contributed by atoms with Crippen molar-refractivity contribution in [3.8, 4) is 28.4 Å². The molecule has 4 heterocycles. The third-order valence-corrected chi connectivity index (χ3v) is 9.93. The zero-order chi connectivity index (χ0) is 26.2. The van der Waals surface area contributed by atoms with Crippen molar-refractivity contribution < 1.29 is 4.74 Å². The van der Waals surface area contributed by atoms with E-state index in [4.69, 9.17) is 4.74 Å². The highest BCUT2D eigenvalue weighted by atomic mass is 32.2. The molecule has 0 atom stereocenters. The number of hydrogen-bond donors (Lipinski definition) is 0. The van der Waals surface area contributed by atoms with E-state index in [-0.39, 0.29) is 6.71 Å². The molecule has 0 saturated carbocycles. The zero-order valence-corrected chi connectivity index (χ0v) is 22.7. The monoisotopic (exact) mass is 532 g/mol. The highest BCUT2D eigenvalue weighted by Crippen LogP contribution is 2.39. The standard InChI is InChI=1S/C35H25BN2OS/c1-3-11-29-24(8-1)25-9-2-4-12-30(25)38(29)23-16-18-31-27(21-23)36-26-17-15-22(28-10-5-6-19-37-28)20-34(26)40-33-14-7-13-32(39-31)35(33)36/h1,3,5-8,10-11,13-21H,2,4,9,12H2. The van der Waals surface area contributed by atoms with Crippen LogP contribution in [0.2, 0.25) is 0 Å². The Morgan fingerprint density at radius 3 is 2.62 bits per heavy atom. The number of rotatable bonds is 2. The lowest BCUT2D eigenvalue weighted by Gasteiger charge is -2.33. The largest absolute Gasteiger partial charge is 0.458 e. The highest BCUT2D eigenvalue weighted by molar-refractivity contribution is 8.00. The first-order valence-electron chi connectivity index (χ1n) is 14.1. The highest BCUT2D eigenvalue weighted by Gasteiger charge is 2.39. The third kappa shape index (κ3) is 3.25. The van der Waals surface area contributed by atoms with Gasteiger partial charge in [0.15, 0.2) is 0 Å². The summed E-state index contributed by atoms with van der Waals surface area (Å²) >= 11 is 1.84. The second kappa shape index (κ2) is 8.64. The van der Waals surface area contributed by atoms with Crippen molar-refractivity contribution in [3.63, 3.8) is 0 Å². The summed E-state index contributed by atoms with van der Waals surface area (Å²) in [6.07, 6.45) is 6.68. The molecule has 3 nitrogen and oxygen atoms in total. The Hall–Kier alpha value is -4.22. The molecule has 2 aromatic heterocycles. The molecular weight excluding hydrogens is 507 g/mol. The van der Waals surface area contributed by atoms with Crippen molar-refractivity contribution in [2.45, 2.75) is 35.5 Å². The number of benzene rings is 4. The minimum Gasteiger partial charge on any atom is -0.458 e. The lowest BCUT2D eigenvalue weighted by molar-refractivity contribution is 0.486. The lowest BCUT2D eigenvalue weighted by Crippen LogP contribution is -2.57. The minimum absolute atomic E-state index is 0.126. The normalized spacial score (nSPS) is 14.7. The van der Waals surface area contributed by atoms with E-state index in [1.54, 1.807) is 0 Å². The van der Waals surface area contributed by atoms with E-state index >= 15 is 0 Å². The first-order valence-corrected chi connectivity index (χ1v) is 14.9. The molecule has 0 radical (unpaired) electrons. The summed E-state index contributed by atoms with van der Waals surface area (Å²) in [6.45, 7) is 0.126. The molecule has 0 N–H and O–H groups in total. The van der Waals surface area contributed by atoms with Gasteiger partial charge in [-0.2, -0.15) is 0 Å². The van der Waals surface area contributed by atoms with Crippen molar-refractivity contribution in [2.24, 2.45) is 0 Å². The first-order chi connectivity index (χ1) is 19.8. The van der Waals surface area contributed by atoms with Gasteiger partial charge in [0.25, 0.3) is 6.71 Å². The van der Waals surface area contributed by atoms with E-state index < -0.39 is 0 Å². The van der Waals surface area contributed by atoms with Gasteiger partial charge in [0, 0.05) is 38.3 Å². The summed E-state index contributed by atoms with van der Waals surface area (Å²) < 4.78 is 9.09. The molecule has 0 spiro atoms. The van der Waals surface area contributed by atoms with Crippen LogP contribution in [0.25, 0.3) is 27.8 Å². The molecule has 2 aliphatic heterocycles. The molecule has 0 fully saturated rings. The van der Waals surface area contributed by atoms with E-state index in [2.05, 4.69) is 101 Å². The molecule has 5 heteroatoms. The van der Waals surface area contributed by atoms with Gasteiger partial charge in [-0.1, -0.05) is 59.7 Å². The van der Waals surface area contributed by atoms with E-state index in [9.17, 15) is 0 Å². The van der Waals surface area contributed by atoms with Crippen LogP contribution in [0.3, 0.4) is 0 Å². The lowest BCUT2D eigenvalue weighted by atomic mass is 9.35. The Morgan fingerprint density at radius 1 is 0.750 bits per heavy atom. The van der Waals surface area contributed by atoms with Crippen LogP contribution < -0.4 is 21.1 Å². The van der Waals surface area contributed by atoms with E-state index in [0.717, 1.165) is 29.2 Å². The summed E-state index contributed by atoms with van der Waals surface area (Å²) in [6, 6.07) is 35.2. The van der Waals surface area contributed by atoms with Crippen molar-refractivity contribution in [2.75, 3.05) is 0 Å². The van der Waals surface area contributed by atoms with Gasteiger partial charge in [-0.05, 0) is 96.8 Å². The number of ether oxygens (including phenoxy) is 1. The Kier molecular flexibility index (Phi) is 4.88. The Labute approximate surface area is 237 Å². The summed E-state index contributed by atoms with van der Waals surface area (Å²) in [7, 11) is 0. The van der Waals surface area contributed by atoms with Crippen molar-refractivity contribution in [3.05, 3.63) is 115 Å². The smallest absolute Gasteiger partial charge is 0.253 e. The van der Waals surface area contributed by atoms with Crippen LogP contribution in [0.1, 0.15) is 24.1 Å². The maximum absolute atomic E-state index is 6.57. The van der Waals surface area contributed by atoms with E-state index in [1.165, 1.54) is 73.3 Å². The molecule has 190 valence electrons. The molecular formula is C35H25BN2OS. The average Bonchev–Trinajstić information content (AvgIpc) is 3.35. The Balaban J connectivity index is 1.25. The molecule has 0 amide bonds. The van der Waals surface area contributed by atoms with Crippen LogP contribution in [0.4, 0.5) is 0 Å². The van der Waals surface area contributed by atoms with Crippen LogP contribution in [0, 0.1) is 0 Å². The fourth-order valence-electron chi connectivity index (χ4n) is 7.04. The number of nitrogens with zero attached hydrogens (tertiary/aromatic N) is 2. The molecule has 6 aromatic rings. The van der Waals surface area contributed by atoms with Gasteiger partial charge in [0.2, 0.25) is 0 Å². The van der Waals surface area contributed by atoms with Gasteiger partial charge < -0.3 is 9.30 Å². The maximum atomic E-state index is 6.57. The molecule has 40 heavy (non-hydrogen) atoms. The molecule has 1 aliphatic carbocycles. The van der Waals surface area contributed by atoms with Crippen LogP contribution in [-0.4, -0.2) is 16.3 Å². The zero-order valence-electron chi connectivity index (χ0n) is 21.9. The molecule has 0 bridgehead atoms. The topological polar surface area (TPSA) is 27.1 Å². The number of fused-ring (bicyclic) bond motifs is 7. The average molecular weight is 532 g/mol. The number of pyridine rings is 1. The third-order valence-electron chi connectivity index (χ3n) is 8.78. The number of aromatic nitrogens is 2. The van der Waals surface area contributed by atoms with Gasteiger partial charge in [0.1, 0.15) is 11.5 Å². The van der Waals surface area contributed by atoms with Crippen LogP contribution >= 0.6 is 11.8 Å². The number of aryl methyl sites for hydroxylation is 1. The Morgan fingerprint density at radius 2 is 1.68 bits per heavy atom. The van der Waals surface area contributed by atoms with Crippen molar-refractivity contribution in [1.29, 1.82) is 0 Å². The minimum atomic E-state index is 0.126. The van der Waals surface area contributed by atoms with Gasteiger partial charge in [-0.3, -0.25) is 4.98 Å². The number of hydrogen-bond acceptors (Lipinski definition) is 3. The number of para-hydroxylation sites is 1. The SMILES string of the molecule is c1ccc(-c2ccc3c(c2)Sc2cccc4c2B3c2cc(-n3c5c(c6ccccc63)CCCC5)ccc2O4)nc1. The Bertz CT molecular complexity index is 1980. The van der Waals surface area contributed by atoms with Gasteiger partial charge in [-0.25, -0.2) is 0 Å². The predicted molar refractivity (Wildman–Crippen MR) is 165 cm³/mol. The summed E-state index contributed by atoms with van der Waals surface area (Å²) in [5.41, 5.74) is 11.6. The molecule has 9 rings (SSSR count). The quantitative estimate of drug-likeness (QED) is 0.233. The van der Waals surface area contributed by atoms with Crippen LogP contribution in [-0.2, 0) is 12.8 Å². The van der Waals surface area contributed by atoms with Gasteiger partial charge in [0.05, 0.1) is 11.2 Å². The summed E-state index contributed by atoms with van der Waals surface area (Å²) in [5, 5.41) is 1.40. The molecule has 4 aromatic carbocycles. The fourth-order valence-corrected chi connectivity index (χ4v) is 8.24. The maximum Gasteiger partial charge on any atom is 0.253 e. The molecule has 0 saturated heterocycles. The van der Waals surface area contributed by atoms with Crippen LogP contribution in [0.5, 0.6) is 11.5 Å². The second-order valence-corrected chi connectivity index (χ2v) is 12.1. The second-order valence-electron chi connectivity index (χ2n) is 11.0. The van der Waals surface area contributed by atoms with Crippen molar-refractivity contribution >= 4 is 45.8 Å². The molecule has 0 unspecified atom stereocenters. The predicted octanol–water partition coefficient (Wildman–Crippen LogP) is 6.66. The van der Waals surface area contributed by atoms with E-state index in [1.807, 2.05) is 24.0 Å². The van der Waals surface area contributed by atoms with E-state index in [0.29, 0.717) is 0 Å². The molecule has 3 aliphatic rings.